The average Bonchev–Trinajstić information content (AvgIpc) is 2.70. The molecule has 1 saturated heterocycles. The Morgan fingerprint density at radius 3 is 2.37 bits per heavy atom. The summed E-state index contributed by atoms with van der Waals surface area (Å²) >= 11 is 0. The second kappa shape index (κ2) is 9.42. The Balaban J connectivity index is 1.53. The summed E-state index contributed by atoms with van der Waals surface area (Å²) < 4.78 is 11.8. The third-order valence-corrected chi connectivity index (χ3v) is 4.77. The van der Waals surface area contributed by atoms with E-state index in [9.17, 15) is 4.79 Å². The van der Waals surface area contributed by atoms with Crippen molar-refractivity contribution in [2.24, 2.45) is 0 Å². The number of piperidine rings is 1. The average molecular weight is 368 g/mol. The molecule has 1 heterocycles. The number of nitrogens with one attached hydrogen (secondary N) is 1. The van der Waals surface area contributed by atoms with Crippen LogP contribution in [0, 0.1) is 0 Å². The molecule has 0 aliphatic carbocycles. The lowest BCUT2D eigenvalue weighted by Crippen LogP contribution is -2.35. The summed E-state index contributed by atoms with van der Waals surface area (Å²) in [5, 5.41) is 2.92. The number of hydrogen-bond acceptors (Lipinski definition) is 4. The van der Waals surface area contributed by atoms with Gasteiger partial charge in [-0.25, -0.2) is 0 Å². The highest BCUT2D eigenvalue weighted by Crippen LogP contribution is 2.21. The highest BCUT2D eigenvalue weighted by Gasteiger charge is 2.19. The molecule has 0 spiro atoms. The van der Waals surface area contributed by atoms with Crippen molar-refractivity contribution in [3.63, 3.8) is 0 Å². The predicted octanol–water partition coefficient (Wildman–Crippen LogP) is 3.96. The summed E-state index contributed by atoms with van der Waals surface area (Å²) in [4.78, 5) is 14.8. The van der Waals surface area contributed by atoms with E-state index in [0.29, 0.717) is 12.2 Å². The molecule has 2 aromatic rings. The minimum atomic E-state index is -0.525. The molecule has 3 rings (SSSR count). The van der Waals surface area contributed by atoms with Gasteiger partial charge in [0.25, 0.3) is 5.91 Å². The Kier molecular flexibility index (Phi) is 6.71. The van der Waals surface area contributed by atoms with E-state index in [2.05, 4.69) is 17.3 Å². The first kappa shape index (κ1) is 19.2. The molecule has 1 N–H and O–H groups in total. The van der Waals surface area contributed by atoms with Crippen LogP contribution in [0.15, 0.2) is 54.6 Å². The van der Waals surface area contributed by atoms with Gasteiger partial charge in [0.15, 0.2) is 6.10 Å². The first-order valence-corrected chi connectivity index (χ1v) is 9.62. The van der Waals surface area contributed by atoms with Gasteiger partial charge in [-0.1, -0.05) is 25.1 Å². The van der Waals surface area contributed by atoms with Crippen LogP contribution in [-0.4, -0.2) is 43.2 Å². The molecule has 0 bridgehead atoms. The second-order valence-corrected chi connectivity index (χ2v) is 6.96. The van der Waals surface area contributed by atoms with Gasteiger partial charge < -0.3 is 19.7 Å². The number of rotatable bonds is 7. The van der Waals surface area contributed by atoms with Crippen molar-refractivity contribution in [3.8, 4) is 11.5 Å². The molecule has 144 valence electrons. The minimum Gasteiger partial charge on any atom is -0.490 e. The Hall–Kier alpha value is -2.53. The van der Waals surface area contributed by atoms with Crippen molar-refractivity contribution in [3.05, 3.63) is 54.6 Å². The fourth-order valence-corrected chi connectivity index (χ4v) is 3.12. The Labute approximate surface area is 161 Å². The van der Waals surface area contributed by atoms with Gasteiger partial charge >= 0.3 is 0 Å². The number of carbonyl (C=O) groups excluding carboxylic acids is 1. The first-order valence-electron chi connectivity index (χ1n) is 9.62. The molecule has 1 aliphatic heterocycles. The number of carbonyl (C=O) groups is 1. The zero-order valence-electron chi connectivity index (χ0n) is 16.1. The molecule has 0 radical (unpaired) electrons. The number of amides is 1. The van der Waals surface area contributed by atoms with Gasteiger partial charge in [-0.05, 0) is 62.7 Å². The highest BCUT2D eigenvalue weighted by molar-refractivity contribution is 5.94. The first-order chi connectivity index (χ1) is 13.1. The molecule has 5 nitrogen and oxygen atoms in total. The van der Waals surface area contributed by atoms with Gasteiger partial charge in [0.05, 0.1) is 0 Å². The predicted molar refractivity (Wildman–Crippen MR) is 107 cm³/mol. The van der Waals surface area contributed by atoms with Gasteiger partial charge in [0.1, 0.15) is 17.6 Å². The molecule has 1 aliphatic rings. The largest absolute Gasteiger partial charge is 0.490 e. The monoisotopic (exact) mass is 368 g/mol. The lowest BCUT2D eigenvalue weighted by atomic mass is 10.1. The molecule has 1 fully saturated rings. The van der Waals surface area contributed by atoms with E-state index in [4.69, 9.17) is 9.47 Å². The van der Waals surface area contributed by atoms with Crippen molar-refractivity contribution in [1.82, 2.24) is 4.90 Å². The molecule has 27 heavy (non-hydrogen) atoms. The lowest BCUT2D eigenvalue weighted by molar-refractivity contribution is -0.122. The van der Waals surface area contributed by atoms with Crippen molar-refractivity contribution < 1.29 is 14.3 Å². The number of likely N-dealkylation sites (tertiary alicyclic amines) is 1. The summed E-state index contributed by atoms with van der Waals surface area (Å²) in [6, 6.07) is 17.0. The maximum atomic E-state index is 12.5. The maximum Gasteiger partial charge on any atom is 0.265 e. The molecular formula is C22H28N2O3. The van der Waals surface area contributed by atoms with E-state index >= 15 is 0 Å². The maximum absolute atomic E-state index is 12.5. The van der Waals surface area contributed by atoms with Crippen LogP contribution >= 0.6 is 0 Å². The molecule has 2 aromatic carbocycles. The normalized spacial score (nSPS) is 16.5. The summed E-state index contributed by atoms with van der Waals surface area (Å²) in [5.41, 5.74) is 0.742. The van der Waals surface area contributed by atoms with Gasteiger partial charge in [-0.15, -0.1) is 0 Å². The summed E-state index contributed by atoms with van der Waals surface area (Å²) in [7, 11) is 2.14. The standard InChI is InChI=1S/C22H28N2O3/c1-3-21(27-18-7-5-4-6-8-18)22(25)23-17-9-11-19(12-10-17)26-20-13-15-24(2)16-14-20/h4-12,20-21H,3,13-16H2,1-2H3,(H,23,25). The molecule has 0 saturated carbocycles. The van der Waals surface area contributed by atoms with Crippen LogP contribution in [0.2, 0.25) is 0 Å². The number of nitrogens with zero attached hydrogens (tertiary/aromatic N) is 1. The van der Waals surface area contributed by atoms with E-state index < -0.39 is 6.10 Å². The van der Waals surface area contributed by atoms with E-state index in [1.54, 1.807) is 0 Å². The van der Waals surface area contributed by atoms with E-state index in [-0.39, 0.29) is 12.0 Å². The third kappa shape index (κ3) is 5.73. The van der Waals surface area contributed by atoms with Crippen LogP contribution in [0.5, 0.6) is 11.5 Å². The van der Waals surface area contributed by atoms with Crippen LogP contribution < -0.4 is 14.8 Å². The van der Waals surface area contributed by atoms with Crippen LogP contribution in [0.1, 0.15) is 26.2 Å². The van der Waals surface area contributed by atoms with E-state index in [0.717, 1.165) is 37.4 Å². The fourth-order valence-electron chi connectivity index (χ4n) is 3.12. The van der Waals surface area contributed by atoms with Crippen molar-refractivity contribution in [2.45, 2.75) is 38.4 Å². The van der Waals surface area contributed by atoms with Gasteiger partial charge in [0.2, 0.25) is 0 Å². The number of benzene rings is 2. The van der Waals surface area contributed by atoms with Crippen molar-refractivity contribution in [2.75, 3.05) is 25.5 Å². The molecule has 1 unspecified atom stereocenters. The molecule has 0 aromatic heterocycles. The topological polar surface area (TPSA) is 50.8 Å². The quantitative estimate of drug-likeness (QED) is 0.804. The molecule has 1 amide bonds. The van der Waals surface area contributed by atoms with Crippen LogP contribution in [0.25, 0.3) is 0 Å². The molecule has 1 atom stereocenters. The summed E-state index contributed by atoms with van der Waals surface area (Å²) in [6.45, 7) is 4.07. The number of para-hydroxylation sites is 1. The summed E-state index contributed by atoms with van der Waals surface area (Å²) in [5.74, 6) is 1.39. The lowest BCUT2D eigenvalue weighted by Gasteiger charge is -2.29. The van der Waals surface area contributed by atoms with Crippen molar-refractivity contribution >= 4 is 11.6 Å². The Morgan fingerprint density at radius 1 is 1.07 bits per heavy atom. The van der Waals surface area contributed by atoms with Gasteiger partial charge in [-0.3, -0.25) is 4.79 Å². The summed E-state index contributed by atoms with van der Waals surface area (Å²) in [6.07, 6.45) is 2.43. The highest BCUT2D eigenvalue weighted by atomic mass is 16.5. The Morgan fingerprint density at radius 2 is 1.74 bits per heavy atom. The van der Waals surface area contributed by atoms with Crippen molar-refractivity contribution in [1.29, 1.82) is 0 Å². The van der Waals surface area contributed by atoms with Crippen LogP contribution in [0.4, 0.5) is 5.69 Å². The minimum absolute atomic E-state index is 0.148. The zero-order valence-corrected chi connectivity index (χ0v) is 16.1. The fraction of sp³-hybridized carbons (Fsp3) is 0.409. The Bertz CT molecular complexity index is 710. The number of anilines is 1. The molecular weight excluding hydrogens is 340 g/mol. The van der Waals surface area contributed by atoms with E-state index in [1.165, 1.54) is 0 Å². The van der Waals surface area contributed by atoms with Gasteiger partial charge in [0, 0.05) is 18.8 Å². The smallest absolute Gasteiger partial charge is 0.265 e. The zero-order chi connectivity index (χ0) is 19.1. The molecule has 5 heteroatoms. The van der Waals surface area contributed by atoms with Gasteiger partial charge in [-0.2, -0.15) is 0 Å². The van der Waals surface area contributed by atoms with Crippen LogP contribution in [0.3, 0.4) is 0 Å². The van der Waals surface area contributed by atoms with Crippen LogP contribution in [-0.2, 0) is 4.79 Å². The number of hydrogen-bond donors (Lipinski definition) is 1. The number of ether oxygens (including phenoxy) is 2. The SMILES string of the molecule is CCC(Oc1ccccc1)C(=O)Nc1ccc(OC2CCN(C)CC2)cc1. The third-order valence-electron chi connectivity index (χ3n) is 4.77. The van der Waals surface area contributed by atoms with E-state index in [1.807, 2.05) is 61.5 Å². The second-order valence-electron chi connectivity index (χ2n) is 6.96.